The number of cyclic esters (lactones) is 1. The molecule has 10 nitrogen and oxygen atoms in total. The number of amides is 2. The van der Waals surface area contributed by atoms with Gasteiger partial charge in [0.1, 0.15) is 18.1 Å². The van der Waals surface area contributed by atoms with Gasteiger partial charge in [-0.25, -0.2) is 14.7 Å². The van der Waals surface area contributed by atoms with E-state index in [1.54, 1.807) is 7.11 Å². The van der Waals surface area contributed by atoms with Crippen molar-refractivity contribution in [1.29, 1.82) is 0 Å². The largest absolute Gasteiger partial charge is 0.493 e. The van der Waals surface area contributed by atoms with Crippen LogP contribution in [0.1, 0.15) is 29.9 Å². The van der Waals surface area contributed by atoms with Gasteiger partial charge < -0.3 is 23.5 Å². The number of oxazole rings is 1. The fourth-order valence-electron chi connectivity index (χ4n) is 6.65. The number of anilines is 1. The van der Waals surface area contributed by atoms with E-state index >= 15 is 0 Å². The third-order valence-electron chi connectivity index (χ3n) is 9.53. The van der Waals surface area contributed by atoms with Gasteiger partial charge in [-0.1, -0.05) is 54.6 Å². The van der Waals surface area contributed by atoms with Crippen molar-refractivity contribution in [3.63, 3.8) is 0 Å². The van der Waals surface area contributed by atoms with E-state index in [1.165, 1.54) is 10.6 Å². The van der Waals surface area contributed by atoms with E-state index in [4.69, 9.17) is 23.6 Å². The van der Waals surface area contributed by atoms with Crippen molar-refractivity contribution in [2.75, 3.05) is 51.3 Å². The maximum Gasteiger partial charge on any atom is 0.417 e. The molecule has 4 aromatic carbocycles. The third-order valence-corrected chi connectivity index (χ3v) is 9.53. The number of para-hydroxylation sites is 1. The summed E-state index contributed by atoms with van der Waals surface area (Å²) in [6.45, 7) is 7.08. The summed E-state index contributed by atoms with van der Waals surface area (Å²) in [6, 6.07) is 30.4. The van der Waals surface area contributed by atoms with E-state index in [0.29, 0.717) is 54.7 Å². The number of aryl methyl sites for hydroxylation is 2. The molecular formula is C40H42N4O6. The van der Waals surface area contributed by atoms with Crippen LogP contribution in [0.25, 0.3) is 22.2 Å². The number of methoxy groups -OCH3 is 1. The number of imide groups is 1. The number of benzene rings is 4. The zero-order chi connectivity index (χ0) is 34.5. The summed E-state index contributed by atoms with van der Waals surface area (Å²) in [5.41, 5.74) is 3.77. The maximum absolute atomic E-state index is 13.1. The number of carbonyl (C=O) groups is 2. The van der Waals surface area contributed by atoms with Gasteiger partial charge in [0, 0.05) is 44.0 Å². The molecule has 0 radical (unpaired) electrons. The first kappa shape index (κ1) is 33.2. The molecule has 0 aliphatic carbocycles. The van der Waals surface area contributed by atoms with Crippen LogP contribution in [0, 0.1) is 6.92 Å². The molecule has 1 atom stereocenters. The van der Waals surface area contributed by atoms with Crippen molar-refractivity contribution in [3.8, 4) is 23.0 Å². The summed E-state index contributed by atoms with van der Waals surface area (Å²) in [6.07, 6.45) is 0.269. The summed E-state index contributed by atoms with van der Waals surface area (Å²) in [5, 5.41) is 2.27. The van der Waals surface area contributed by atoms with E-state index in [1.807, 2.05) is 49.4 Å². The highest BCUT2D eigenvalue weighted by molar-refractivity contribution is 6.00. The van der Waals surface area contributed by atoms with Crippen LogP contribution in [-0.2, 0) is 22.6 Å². The molecule has 5 aromatic rings. The Bertz CT molecular complexity index is 1950. The Morgan fingerprint density at radius 3 is 2.42 bits per heavy atom. The van der Waals surface area contributed by atoms with E-state index in [-0.39, 0.29) is 12.5 Å². The molecule has 3 heterocycles. The number of aromatic nitrogens is 1. The van der Waals surface area contributed by atoms with Crippen LogP contribution in [0.4, 0.5) is 10.5 Å². The minimum Gasteiger partial charge on any atom is -0.493 e. The normalized spacial score (nSPS) is 16.6. The van der Waals surface area contributed by atoms with Gasteiger partial charge in [-0.05, 0) is 85.5 Å². The number of carbonyl (C=O) groups excluding carboxylic acids is 2. The molecule has 2 saturated heterocycles. The second-order valence-electron chi connectivity index (χ2n) is 12.8. The monoisotopic (exact) mass is 674 g/mol. The smallest absolute Gasteiger partial charge is 0.417 e. The molecule has 50 heavy (non-hydrogen) atoms. The fraction of sp³-hybridized carbons (Fsp3) is 0.325. The molecule has 2 amide bonds. The Balaban J connectivity index is 0.899. The summed E-state index contributed by atoms with van der Waals surface area (Å²) in [7, 11) is 1.59. The standard InChI is InChI=1S/C40H42N4O6/c1-28-34(41-38(49-28)32-16-15-30-9-6-7-10-31(30)26-32)27-48-37-25-29(13-17-35(37)47-2)14-18-36-39(45)44(40(46)50-36)20-8-19-42-21-23-43(24-22-42)33-11-4-3-5-12-33/h3-7,9-13,15-17,25-26,36H,8,14,18-24,27H2,1-2H3. The molecule has 2 aliphatic rings. The Morgan fingerprint density at radius 1 is 0.840 bits per heavy atom. The molecule has 0 spiro atoms. The number of rotatable bonds is 13. The summed E-state index contributed by atoms with van der Waals surface area (Å²) in [4.78, 5) is 36.5. The molecule has 2 fully saturated rings. The number of ether oxygens (including phenoxy) is 3. The Morgan fingerprint density at radius 2 is 1.62 bits per heavy atom. The molecule has 0 bridgehead atoms. The predicted molar refractivity (Wildman–Crippen MR) is 192 cm³/mol. The van der Waals surface area contributed by atoms with Crippen LogP contribution in [-0.4, -0.2) is 79.3 Å². The van der Waals surface area contributed by atoms with Gasteiger partial charge >= 0.3 is 6.09 Å². The van der Waals surface area contributed by atoms with E-state index < -0.39 is 12.2 Å². The van der Waals surface area contributed by atoms with Crippen LogP contribution in [0.3, 0.4) is 0 Å². The SMILES string of the molecule is COc1ccc(CCC2OC(=O)N(CCCN3CCN(c4ccccc4)CC3)C2=O)cc1OCc1nc(-c2ccc3ccccc3c2)oc1C. The van der Waals surface area contributed by atoms with Crippen molar-refractivity contribution in [1.82, 2.24) is 14.8 Å². The number of fused-ring (bicyclic) bond motifs is 1. The molecule has 1 aromatic heterocycles. The minimum absolute atomic E-state index is 0.194. The van der Waals surface area contributed by atoms with Crippen molar-refractivity contribution in [3.05, 3.63) is 108 Å². The lowest BCUT2D eigenvalue weighted by Gasteiger charge is -2.36. The van der Waals surface area contributed by atoms with Gasteiger partial charge in [-0.2, -0.15) is 0 Å². The quantitative estimate of drug-likeness (QED) is 0.132. The van der Waals surface area contributed by atoms with Gasteiger partial charge in [0.2, 0.25) is 5.89 Å². The van der Waals surface area contributed by atoms with Crippen molar-refractivity contribution in [2.45, 2.75) is 38.9 Å². The lowest BCUT2D eigenvalue weighted by atomic mass is 10.1. The fourth-order valence-corrected chi connectivity index (χ4v) is 6.65. The van der Waals surface area contributed by atoms with Gasteiger partial charge in [0.15, 0.2) is 17.6 Å². The van der Waals surface area contributed by atoms with Gasteiger partial charge in [-0.15, -0.1) is 0 Å². The topological polar surface area (TPSA) is 97.6 Å². The van der Waals surface area contributed by atoms with Crippen LogP contribution in [0.15, 0.2) is 95.4 Å². The molecule has 7 rings (SSSR count). The highest BCUT2D eigenvalue weighted by Gasteiger charge is 2.39. The van der Waals surface area contributed by atoms with Crippen molar-refractivity contribution in [2.24, 2.45) is 0 Å². The zero-order valence-electron chi connectivity index (χ0n) is 28.5. The van der Waals surface area contributed by atoms with Gasteiger partial charge in [0.25, 0.3) is 5.91 Å². The van der Waals surface area contributed by atoms with Crippen molar-refractivity contribution >= 4 is 28.5 Å². The average molecular weight is 675 g/mol. The number of hydrogen-bond acceptors (Lipinski definition) is 9. The minimum atomic E-state index is -0.797. The van der Waals surface area contributed by atoms with Crippen LogP contribution >= 0.6 is 0 Å². The zero-order valence-corrected chi connectivity index (χ0v) is 28.5. The third kappa shape index (κ3) is 7.45. The lowest BCUT2D eigenvalue weighted by molar-refractivity contribution is -0.129. The predicted octanol–water partition coefficient (Wildman–Crippen LogP) is 6.88. The molecule has 2 aliphatic heterocycles. The van der Waals surface area contributed by atoms with Gasteiger partial charge in [0.05, 0.1) is 7.11 Å². The molecule has 1 unspecified atom stereocenters. The summed E-state index contributed by atoms with van der Waals surface area (Å²) < 4.78 is 23.3. The summed E-state index contributed by atoms with van der Waals surface area (Å²) >= 11 is 0. The Hall–Kier alpha value is -5.35. The van der Waals surface area contributed by atoms with E-state index in [2.05, 4.69) is 58.3 Å². The Kier molecular flexibility index (Phi) is 9.98. The lowest BCUT2D eigenvalue weighted by Crippen LogP contribution is -2.47. The first-order valence-electron chi connectivity index (χ1n) is 17.2. The average Bonchev–Trinajstić information content (AvgIpc) is 3.66. The number of piperazine rings is 1. The molecule has 10 heteroatoms. The summed E-state index contributed by atoms with van der Waals surface area (Å²) in [5.74, 6) is 2.10. The van der Waals surface area contributed by atoms with E-state index in [9.17, 15) is 9.59 Å². The van der Waals surface area contributed by atoms with E-state index in [0.717, 1.165) is 54.6 Å². The van der Waals surface area contributed by atoms with Crippen LogP contribution in [0.2, 0.25) is 0 Å². The highest BCUT2D eigenvalue weighted by Crippen LogP contribution is 2.31. The maximum atomic E-state index is 13.1. The molecule has 0 saturated carbocycles. The second-order valence-corrected chi connectivity index (χ2v) is 12.8. The second kappa shape index (κ2) is 15.0. The molecule has 0 N–H and O–H groups in total. The number of nitrogens with zero attached hydrogens (tertiary/aromatic N) is 4. The Labute approximate surface area is 292 Å². The molecule has 258 valence electrons. The van der Waals surface area contributed by atoms with Crippen LogP contribution in [0.5, 0.6) is 11.5 Å². The molecular weight excluding hydrogens is 632 g/mol. The van der Waals surface area contributed by atoms with Crippen molar-refractivity contribution < 1.29 is 28.2 Å². The first-order valence-corrected chi connectivity index (χ1v) is 17.2. The number of hydrogen-bond donors (Lipinski definition) is 0. The highest BCUT2D eigenvalue weighted by atomic mass is 16.6. The van der Waals surface area contributed by atoms with Gasteiger partial charge in [-0.3, -0.25) is 9.69 Å². The first-order chi connectivity index (χ1) is 24.4. The van der Waals surface area contributed by atoms with Crippen LogP contribution < -0.4 is 14.4 Å².